The van der Waals surface area contributed by atoms with Gasteiger partial charge in [0.2, 0.25) is 5.82 Å². The molecule has 20 heavy (non-hydrogen) atoms. The van der Waals surface area contributed by atoms with Crippen LogP contribution in [-0.2, 0) is 0 Å². The predicted molar refractivity (Wildman–Crippen MR) is 70.3 cm³/mol. The Hall–Kier alpha value is -2.70. The van der Waals surface area contributed by atoms with Gasteiger partial charge in [-0.2, -0.15) is 5.21 Å². The number of H-pyrrole nitrogens is 1. The number of benzene rings is 1. The monoisotopic (exact) mass is 269 g/mol. The number of aromatic nitrogens is 5. The number of hydrogen-bond donors (Lipinski definition) is 2. The molecule has 0 unspecified atom stereocenters. The fourth-order valence-electron chi connectivity index (χ4n) is 2.52. The second-order valence-electron chi connectivity index (χ2n) is 4.95. The first-order valence-electron chi connectivity index (χ1n) is 6.36. The summed E-state index contributed by atoms with van der Waals surface area (Å²) in [7, 11) is 0. The smallest absolute Gasteiger partial charge is 0.335 e. The summed E-state index contributed by atoms with van der Waals surface area (Å²) < 4.78 is 2.13. The van der Waals surface area contributed by atoms with Gasteiger partial charge >= 0.3 is 5.97 Å². The summed E-state index contributed by atoms with van der Waals surface area (Å²) in [6.45, 7) is 0. The normalized spacial score (nSPS) is 14.8. The highest BCUT2D eigenvalue weighted by molar-refractivity contribution is 6.00. The minimum Gasteiger partial charge on any atom is -0.478 e. The Balaban J connectivity index is 2.03. The van der Waals surface area contributed by atoms with Gasteiger partial charge in [0.15, 0.2) is 0 Å². The summed E-state index contributed by atoms with van der Waals surface area (Å²) in [6, 6.07) is 5.76. The SMILES string of the molecule is O=C(O)c1cc(-c2nn[nH]n2)c2ccn(C3CC3)c2c1. The molecule has 1 saturated carbocycles. The number of aromatic carboxylic acids is 1. The van der Waals surface area contributed by atoms with Crippen LogP contribution in [0.2, 0.25) is 0 Å². The van der Waals surface area contributed by atoms with E-state index >= 15 is 0 Å². The Morgan fingerprint density at radius 1 is 1.40 bits per heavy atom. The minimum atomic E-state index is -0.958. The number of carboxylic acid groups (broad SMARTS) is 1. The molecular weight excluding hydrogens is 258 g/mol. The van der Waals surface area contributed by atoms with Gasteiger partial charge in [-0.1, -0.05) is 0 Å². The molecule has 0 bridgehead atoms. The fraction of sp³-hybridized carbons (Fsp3) is 0.231. The van der Waals surface area contributed by atoms with Crippen molar-refractivity contribution in [3.63, 3.8) is 0 Å². The molecule has 7 nitrogen and oxygen atoms in total. The lowest BCUT2D eigenvalue weighted by Gasteiger charge is -2.06. The molecule has 1 aliphatic rings. The first-order chi connectivity index (χ1) is 9.74. The van der Waals surface area contributed by atoms with Crippen LogP contribution in [0.15, 0.2) is 24.4 Å². The molecule has 1 fully saturated rings. The summed E-state index contributed by atoms with van der Waals surface area (Å²) in [5.74, 6) is -0.549. The maximum absolute atomic E-state index is 11.3. The van der Waals surface area contributed by atoms with Crippen molar-refractivity contribution in [3.8, 4) is 11.4 Å². The number of nitrogens with one attached hydrogen (secondary N) is 1. The molecule has 3 aromatic rings. The van der Waals surface area contributed by atoms with E-state index in [0.717, 1.165) is 23.7 Å². The second kappa shape index (κ2) is 3.89. The Bertz CT molecular complexity index is 802. The van der Waals surface area contributed by atoms with Crippen molar-refractivity contribution in [1.29, 1.82) is 0 Å². The molecule has 2 N–H and O–H groups in total. The van der Waals surface area contributed by atoms with Gasteiger partial charge in [0.05, 0.1) is 5.56 Å². The molecule has 0 atom stereocenters. The van der Waals surface area contributed by atoms with E-state index in [0.29, 0.717) is 17.4 Å². The lowest BCUT2D eigenvalue weighted by molar-refractivity contribution is 0.0697. The molecule has 1 aromatic carbocycles. The Kier molecular flexibility index (Phi) is 2.17. The molecule has 7 heteroatoms. The number of tetrazole rings is 1. The lowest BCUT2D eigenvalue weighted by atomic mass is 10.1. The molecule has 2 heterocycles. The predicted octanol–water partition coefficient (Wildman–Crippen LogP) is 1.85. The average Bonchev–Trinajstić information content (AvgIpc) is 2.99. The molecule has 2 aromatic heterocycles. The van der Waals surface area contributed by atoms with E-state index < -0.39 is 5.97 Å². The number of hydrogen-bond acceptors (Lipinski definition) is 4. The van der Waals surface area contributed by atoms with Crippen LogP contribution in [0.4, 0.5) is 0 Å². The van der Waals surface area contributed by atoms with Crippen LogP contribution < -0.4 is 0 Å². The molecule has 4 rings (SSSR count). The summed E-state index contributed by atoms with van der Waals surface area (Å²) in [5.41, 5.74) is 1.83. The molecular formula is C13H11N5O2. The molecule has 0 radical (unpaired) electrons. The number of aromatic amines is 1. The number of nitrogens with zero attached hydrogens (tertiary/aromatic N) is 4. The molecule has 100 valence electrons. The lowest BCUT2D eigenvalue weighted by Crippen LogP contribution is -1.99. The van der Waals surface area contributed by atoms with E-state index in [2.05, 4.69) is 25.2 Å². The Labute approximate surface area is 113 Å². The molecule has 0 aliphatic heterocycles. The molecule has 1 aliphatic carbocycles. The van der Waals surface area contributed by atoms with Crippen LogP contribution >= 0.6 is 0 Å². The Morgan fingerprint density at radius 2 is 2.25 bits per heavy atom. The van der Waals surface area contributed by atoms with Crippen LogP contribution in [0, 0.1) is 0 Å². The maximum Gasteiger partial charge on any atom is 0.335 e. The van der Waals surface area contributed by atoms with Crippen LogP contribution in [0.1, 0.15) is 29.2 Å². The summed E-state index contributed by atoms with van der Waals surface area (Å²) >= 11 is 0. The van der Waals surface area contributed by atoms with Gasteiger partial charge < -0.3 is 9.67 Å². The van der Waals surface area contributed by atoms with Gasteiger partial charge in [0.1, 0.15) is 0 Å². The van der Waals surface area contributed by atoms with E-state index in [9.17, 15) is 9.90 Å². The van der Waals surface area contributed by atoms with E-state index in [1.54, 1.807) is 12.1 Å². The number of carbonyl (C=O) groups is 1. The van der Waals surface area contributed by atoms with E-state index in [1.165, 1.54) is 0 Å². The van der Waals surface area contributed by atoms with Crippen molar-refractivity contribution < 1.29 is 9.90 Å². The van der Waals surface area contributed by atoms with Crippen molar-refractivity contribution >= 4 is 16.9 Å². The highest BCUT2D eigenvalue weighted by Gasteiger charge is 2.26. The van der Waals surface area contributed by atoms with Gasteiger partial charge in [-0.15, -0.1) is 10.2 Å². The van der Waals surface area contributed by atoms with E-state index in [-0.39, 0.29) is 5.56 Å². The molecule has 0 saturated heterocycles. The van der Waals surface area contributed by atoms with Crippen molar-refractivity contribution in [2.45, 2.75) is 18.9 Å². The zero-order chi connectivity index (χ0) is 13.7. The van der Waals surface area contributed by atoms with E-state index in [1.807, 2.05) is 12.3 Å². The topological polar surface area (TPSA) is 96.7 Å². The van der Waals surface area contributed by atoms with Gasteiger partial charge in [-0.05, 0) is 36.3 Å². The van der Waals surface area contributed by atoms with Gasteiger partial charge in [-0.25, -0.2) is 4.79 Å². The summed E-state index contributed by atoms with van der Waals surface area (Å²) in [5, 5.41) is 24.1. The third-order valence-corrected chi connectivity index (χ3v) is 3.61. The number of carboxylic acids is 1. The standard InChI is InChI=1S/C13H11N5O2/c19-13(20)7-5-10(12-14-16-17-15-12)9-3-4-18(8-1-2-8)11(9)6-7/h3-6,8H,1-2H2,(H,19,20)(H,14,15,16,17). The third-order valence-electron chi connectivity index (χ3n) is 3.61. The van der Waals surface area contributed by atoms with Crippen LogP contribution in [-0.4, -0.2) is 36.3 Å². The number of fused-ring (bicyclic) bond motifs is 1. The number of rotatable bonds is 3. The fourth-order valence-corrected chi connectivity index (χ4v) is 2.52. The largest absolute Gasteiger partial charge is 0.478 e. The van der Waals surface area contributed by atoms with Crippen molar-refractivity contribution in [1.82, 2.24) is 25.2 Å². The van der Waals surface area contributed by atoms with Crippen LogP contribution in [0.3, 0.4) is 0 Å². The summed E-state index contributed by atoms with van der Waals surface area (Å²) in [6.07, 6.45) is 4.27. The second-order valence-corrected chi connectivity index (χ2v) is 4.95. The average molecular weight is 269 g/mol. The highest BCUT2D eigenvalue weighted by Crippen LogP contribution is 2.39. The zero-order valence-corrected chi connectivity index (χ0v) is 10.4. The highest BCUT2D eigenvalue weighted by atomic mass is 16.4. The van der Waals surface area contributed by atoms with Gasteiger partial charge in [0.25, 0.3) is 0 Å². The quantitative estimate of drug-likeness (QED) is 0.756. The first kappa shape index (κ1) is 11.2. The van der Waals surface area contributed by atoms with Crippen molar-refractivity contribution in [3.05, 3.63) is 30.0 Å². The Morgan fingerprint density at radius 3 is 2.90 bits per heavy atom. The van der Waals surface area contributed by atoms with Gasteiger partial charge in [0, 0.05) is 28.7 Å². The maximum atomic E-state index is 11.3. The van der Waals surface area contributed by atoms with Crippen molar-refractivity contribution in [2.24, 2.45) is 0 Å². The van der Waals surface area contributed by atoms with E-state index in [4.69, 9.17) is 0 Å². The van der Waals surface area contributed by atoms with Crippen molar-refractivity contribution in [2.75, 3.05) is 0 Å². The molecule has 0 amide bonds. The third kappa shape index (κ3) is 1.59. The first-order valence-corrected chi connectivity index (χ1v) is 6.36. The zero-order valence-electron chi connectivity index (χ0n) is 10.4. The van der Waals surface area contributed by atoms with Crippen LogP contribution in [0.5, 0.6) is 0 Å². The molecule has 0 spiro atoms. The van der Waals surface area contributed by atoms with Crippen LogP contribution in [0.25, 0.3) is 22.3 Å². The summed E-state index contributed by atoms with van der Waals surface area (Å²) in [4.78, 5) is 11.3. The van der Waals surface area contributed by atoms with Gasteiger partial charge in [-0.3, -0.25) is 0 Å². The minimum absolute atomic E-state index is 0.234.